The first kappa shape index (κ1) is 30.1. The van der Waals surface area contributed by atoms with Crippen LogP contribution in [0.25, 0.3) is 0 Å². The van der Waals surface area contributed by atoms with Crippen LogP contribution in [0.3, 0.4) is 0 Å². The molecule has 2 rings (SSSR count). The Balaban J connectivity index is 1.45. The molecule has 2 heterocycles. The van der Waals surface area contributed by atoms with Gasteiger partial charge >= 0.3 is 0 Å². The Hall–Kier alpha value is -1.14. The molecule has 1 N–H and O–H groups in total. The van der Waals surface area contributed by atoms with Gasteiger partial charge in [0, 0.05) is 44.3 Å². The Morgan fingerprint density at radius 1 is 0.829 bits per heavy atom. The van der Waals surface area contributed by atoms with Gasteiger partial charge in [0.15, 0.2) is 0 Å². The molecule has 1 aromatic heterocycles. The highest BCUT2D eigenvalue weighted by Crippen LogP contribution is 2.15. The van der Waals surface area contributed by atoms with Crippen molar-refractivity contribution in [2.75, 3.05) is 49.5 Å². The van der Waals surface area contributed by atoms with Crippen LogP contribution in [0.2, 0.25) is 0 Å². The number of piperazine rings is 1. The predicted octanol–water partition coefficient (Wildman–Crippen LogP) is 7.20. The van der Waals surface area contributed by atoms with E-state index >= 15 is 0 Å². The molecule has 200 valence electrons. The summed E-state index contributed by atoms with van der Waals surface area (Å²) in [5.41, 5.74) is 0.665. The van der Waals surface area contributed by atoms with Crippen molar-refractivity contribution in [1.82, 2.24) is 15.2 Å². The smallest absolute Gasteiger partial charge is 0.252 e. The summed E-state index contributed by atoms with van der Waals surface area (Å²) in [6.07, 6.45) is 21.6. The molecule has 1 aromatic rings. The van der Waals surface area contributed by atoms with E-state index in [1.165, 1.54) is 96.4 Å². The van der Waals surface area contributed by atoms with Crippen LogP contribution in [0.1, 0.15) is 114 Å². The maximum atomic E-state index is 12.4. The van der Waals surface area contributed by atoms with Crippen molar-refractivity contribution < 1.29 is 4.79 Å². The molecule has 0 aromatic carbocycles. The summed E-state index contributed by atoms with van der Waals surface area (Å²) in [7, 11) is 0. The van der Waals surface area contributed by atoms with Gasteiger partial charge in [-0.2, -0.15) is 0 Å². The van der Waals surface area contributed by atoms with Gasteiger partial charge < -0.3 is 10.2 Å². The van der Waals surface area contributed by atoms with E-state index in [1.807, 2.05) is 12.1 Å². The number of hydrogen-bond acceptors (Lipinski definition) is 4. The van der Waals surface area contributed by atoms with Gasteiger partial charge in [-0.3, -0.25) is 9.69 Å². The zero-order chi connectivity index (χ0) is 25.0. The average Bonchev–Trinajstić information content (AvgIpc) is 2.90. The lowest BCUT2D eigenvalue weighted by Gasteiger charge is -2.35. The second-order valence-electron chi connectivity index (χ2n) is 10.1. The number of rotatable bonds is 20. The minimum atomic E-state index is 0.000582. The number of anilines is 1. The second kappa shape index (κ2) is 20.0. The van der Waals surface area contributed by atoms with Crippen molar-refractivity contribution in [2.24, 2.45) is 0 Å². The Morgan fingerprint density at radius 2 is 1.40 bits per heavy atom. The fourth-order valence-corrected chi connectivity index (χ4v) is 5.15. The molecular weight excluding hydrogens is 500 g/mol. The van der Waals surface area contributed by atoms with E-state index in [2.05, 4.69) is 43.0 Å². The van der Waals surface area contributed by atoms with Crippen molar-refractivity contribution in [1.29, 1.82) is 0 Å². The van der Waals surface area contributed by atoms with Crippen LogP contribution in [0.15, 0.2) is 18.3 Å². The quantitative estimate of drug-likeness (QED) is 0.138. The van der Waals surface area contributed by atoms with Crippen molar-refractivity contribution in [3.63, 3.8) is 0 Å². The maximum Gasteiger partial charge on any atom is 0.252 e. The lowest BCUT2D eigenvalue weighted by atomic mass is 10.0. The second-order valence-corrected chi connectivity index (χ2v) is 10.9. The van der Waals surface area contributed by atoms with Gasteiger partial charge in [-0.05, 0) is 37.9 Å². The van der Waals surface area contributed by atoms with Gasteiger partial charge in [0.05, 0.1) is 5.56 Å². The molecule has 0 saturated carbocycles. The van der Waals surface area contributed by atoms with Crippen LogP contribution in [-0.2, 0) is 0 Å². The Kier molecular flexibility index (Phi) is 17.2. The predicted molar refractivity (Wildman–Crippen MR) is 154 cm³/mol. The van der Waals surface area contributed by atoms with Crippen LogP contribution < -0.4 is 10.2 Å². The van der Waals surface area contributed by atoms with E-state index in [4.69, 9.17) is 0 Å². The van der Waals surface area contributed by atoms with Gasteiger partial charge in [0.1, 0.15) is 5.82 Å². The SMILES string of the molecule is CCCCN1CCN(c2ccc(C(=O)NCCCCCCCCCCCCCCCBr)cn2)CC1. The molecule has 1 aliphatic heterocycles. The van der Waals surface area contributed by atoms with Crippen LogP contribution in [-0.4, -0.2) is 60.4 Å². The number of pyridine rings is 1. The summed E-state index contributed by atoms with van der Waals surface area (Å²) in [5, 5.41) is 4.22. The average molecular weight is 552 g/mol. The topological polar surface area (TPSA) is 48.5 Å². The summed E-state index contributed by atoms with van der Waals surface area (Å²) in [6, 6.07) is 3.92. The van der Waals surface area contributed by atoms with Gasteiger partial charge in [0.25, 0.3) is 5.91 Å². The Morgan fingerprint density at radius 3 is 1.91 bits per heavy atom. The number of nitrogens with zero attached hydrogens (tertiary/aromatic N) is 3. The zero-order valence-electron chi connectivity index (χ0n) is 22.4. The van der Waals surface area contributed by atoms with Crippen LogP contribution in [0.4, 0.5) is 5.82 Å². The molecule has 1 aliphatic rings. The number of hydrogen-bond donors (Lipinski definition) is 1. The van der Waals surface area contributed by atoms with Crippen LogP contribution >= 0.6 is 15.9 Å². The monoisotopic (exact) mass is 550 g/mol. The summed E-state index contributed by atoms with van der Waals surface area (Å²) < 4.78 is 0. The summed E-state index contributed by atoms with van der Waals surface area (Å²) >= 11 is 3.50. The van der Waals surface area contributed by atoms with E-state index < -0.39 is 0 Å². The minimum absolute atomic E-state index is 0.000582. The number of carbonyl (C=O) groups excluding carboxylic acids is 1. The number of amides is 1. The number of halogens is 1. The lowest BCUT2D eigenvalue weighted by molar-refractivity contribution is 0.0952. The third kappa shape index (κ3) is 13.7. The number of aromatic nitrogens is 1. The molecule has 1 saturated heterocycles. The number of carbonyl (C=O) groups is 1. The highest BCUT2D eigenvalue weighted by molar-refractivity contribution is 9.09. The minimum Gasteiger partial charge on any atom is -0.354 e. The molecule has 6 heteroatoms. The maximum absolute atomic E-state index is 12.4. The zero-order valence-corrected chi connectivity index (χ0v) is 24.0. The fraction of sp³-hybridized carbons (Fsp3) is 0.793. The molecular formula is C29H51BrN4O. The molecule has 5 nitrogen and oxygen atoms in total. The lowest BCUT2D eigenvalue weighted by Crippen LogP contribution is -2.46. The first-order valence-corrected chi connectivity index (χ1v) is 15.6. The van der Waals surface area contributed by atoms with Crippen molar-refractivity contribution in [2.45, 2.75) is 103 Å². The first-order chi connectivity index (χ1) is 17.2. The van der Waals surface area contributed by atoms with Gasteiger partial charge in [-0.15, -0.1) is 0 Å². The van der Waals surface area contributed by atoms with Gasteiger partial charge in [-0.25, -0.2) is 4.98 Å². The molecule has 1 amide bonds. The number of unbranched alkanes of at least 4 members (excludes halogenated alkanes) is 13. The molecule has 35 heavy (non-hydrogen) atoms. The summed E-state index contributed by atoms with van der Waals surface area (Å²) in [4.78, 5) is 21.9. The molecule has 0 aliphatic carbocycles. The molecule has 0 bridgehead atoms. The first-order valence-electron chi connectivity index (χ1n) is 14.5. The standard InChI is InChI=1S/C29H51BrN4O/c1-2-3-21-33-22-24-34(25-23-33)28-18-17-27(26-32-28)29(35)31-20-16-14-12-10-8-6-4-5-7-9-11-13-15-19-30/h17-18,26H,2-16,19-25H2,1H3,(H,31,35). The largest absolute Gasteiger partial charge is 0.354 e. The van der Waals surface area contributed by atoms with E-state index in [0.717, 1.165) is 50.3 Å². The molecule has 1 fully saturated rings. The third-order valence-corrected chi connectivity index (χ3v) is 7.69. The fourth-order valence-electron chi connectivity index (χ4n) is 4.76. The van der Waals surface area contributed by atoms with Gasteiger partial charge in [0.2, 0.25) is 0 Å². The van der Waals surface area contributed by atoms with E-state index in [-0.39, 0.29) is 5.91 Å². The van der Waals surface area contributed by atoms with Crippen LogP contribution in [0.5, 0.6) is 0 Å². The Labute approximate surface area is 224 Å². The summed E-state index contributed by atoms with van der Waals surface area (Å²) in [6.45, 7) is 8.44. The van der Waals surface area contributed by atoms with Crippen molar-refractivity contribution >= 4 is 27.7 Å². The third-order valence-electron chi connectivity index (χ3n) is 7.13. The summed E-state index contributed by atoms with van der Waals surface area (Å²) in [5.74, 6) is 0.989. The van der Waals surface area contributed by atoms with E-state index in [1.54, 1.807) is 6.20 Å². The van der Waals surface area contributed by atoms with E-state index in [0.29, 0.717) is 5.56 Å². The van der Waals surface area contributed by atoms with Crippen LogP contribution in [0, 0.1) is 0 Å². The normalized spacial score (nSPS) is 14.4. The highest BCUT2D eigenvalue weighted by atomic mass is 79.9. The van der Waals surface area contributed by atoms with E-state index in [9.17, 15) is 4.79 Å². The Bertz CT molecular complexity index is 647. The number of alkyl halides is 1. The highest BCUT2D eigenvalue weighted by Gasteiger charge is 2.17. The van der Waals surface area contributed by atoms with Gasteiger partial charge in [-0.1, -0.05) is 99.9 Å². The van der Waals surface area contributed by atoms with Crippen molar-refractivity contribution in [3.05, 3.63) is 23.9 Å². The molecule has 0 spiro atoms. The molecule has 0 radical (unpaired) electrons. The van der Waals surface area contributed by atoms with Crippen molar-refractivity contribution in [3.8, 4) is 0 Å². The molecule has 0 unspecified atom stereocenters. The molecule has 0 atom stereocenters. The number of nitrogens with one attached hydrogen (secondary N) is 1.